The van der Waals surface area contributed by atoms with E-state index < -0.39 is 0 Å². The maximum Gasteiger partial charge on any atom is 0.0756 e. The topological polar surface area (TPSA) is 8.17 Å². The molecule has 0 N–H and O–H groups in total. The highest BCUT2D eigenvalue weighted by Crippen LogP contribution is 2.32. The van der Waals surface area contributed by atoms with Crippen LogP contribution in [0, 0.1) is 0 Å². The Labute approximate surface area is 148 Å². The Morgan fingerprint density at radius 3 is 2.50 bits per heavy atom. The van der Waals surface area contributed by atoms with Gasteiger partial charge < -0.3 is 4.57 Å². The summed E-state index contributed by atoms with van der Waals surface area (Å²) in [5.74, 6) is 0. The van der Waals surface area contributed by atoms with Crippen LogP contribution in [0.1, 0.15) is 22.9 Å². The molecule has 1 atom stereocenters. The first-order chi connectivity index (χ1) is 11.8. The highest BCUT2D eigenvalue weighted by atomic mass is 35.5. The Kier molecular flexibility index (Phi) is 4.42. The van der Waals surface area contributed by atoms with Gasteiger partial charge in [-0.1, -0.05) is 60.1 Å². The maximum atomic E-state index is 6.34. The summed E-state index contributed by atoms with van der Waals surface area (Å²) in [4.78, 5) is 2.58. The van der Waals surface area contributed by atoms with Crippen LogP contribution in [0.5, 0.6) is 0 Å². The van der Waals surface area contributed by atoms with Crippen LogP contribution in [0.3, 0.4) is 0 Å². The predicted octanol–water partition coefficient (Wildman–Crippen LogP) is 4.79. The fraction of sp³-hybridized carbons (Fsp3) is 0.238. The third kappa shape index (κ3) is 3.00. The summed E-state index contributed by atoms with van der Waals surface area (Å²) < 4.78 is 2.38. The van der Waals surface area contributed by atoms with Crippen molar-refractivity contribution in [1.82, 2.24) is 9.47 Å². The van der Waals surface area contributed by atoms with Crippen LogP contribution in [0.2, 0.25) is 5.02 Å². The molecule has 0 saturated carbocycles. The molecule has 1 aromatic heterocycles. The minimum absolute atomic E-state index is 0.317. The number of aromatic nitrogens is 1. The first-order valence-corrected chi connectivity index (χ1v) is 8.88. The molecule has 0 saturated heterocycles. The van der Waals surface area contributed by atoms with Crippen molar-refractivity contribution in [3.63, 3.8) is 0 Å². The quantitative estimate of drug-likeness (QED) is 0.665. The van der Waals surface area contributed by atoms with Crippen molar-refractivity contribution >= 4 is 11.6 Å². The molecular formula is C21H21ClN2. The predicted molar refractivity (Wildman–Crippen MR) is 99.4 cm³/mol. The summed E-state index contributed by atoms with van der Waals surface area (Å²) in [6, 6.07) is 23.7. The van der Waals surface area contributed by atoms with Crippen molar-refractivity contribution in [1.29, 1.82) is 0 Å². The lowest BCUT2D eigenvalue weighted by Crippen LogP contribution is -2.39. The van der Waals surface area contributed by atoms with Crippen LogP contribution in [0.15, 0.2) is 72.9 Å². The molecule has 0 fully saturated rings. The molecule has 122 valence electrons. The van der Waals surface area contributed by atoms with Crippen LogP contribution in [0.4, 0.5) is 0 Å². The Bertz CT molecular complexity index is 809. The number of halogens is 1. The molecule has 4 rings (SSSR count). The summed E-state index contributed by atoms with van der Waals surface area (Å²) in [7, 11) is 0. The Balaban J connectivity index is 1.61. The van der Waals surface area contributed by atoms with Gasteiger partial charge in [-0.3, -0.25) is 4.90 Å². The monoisotopic (exact) mass is 336 g/mol. The average molecular weight is 337 g/mol. The second-order valence-corrected chi connectivity index (χ2v) is 6.72. The van der Waals surface area contributed by atoms with Crippen molar-refractivity contribution in [2.24, 2.45) is 0 Å². The van der Waals surface area contributed by atoms with E-state index in [-0.39, 0.29) is 0 Å². The number of nitrogens with zero attached hydrogens (tertiary/aromatic N) is 2. The lowest BCUT2D eigenvalue weighted by atomic mass is 9.99. The molecule has 2 aromatic carbocycles. The molecular weight excluding hydrogens is 316 g/mol. The van der Waals surface area contributed by atoms with E-state index in [0.717, 1.165) is 31.1 Å². The first kappa shape index (κ1) is 15.5. The van der Waals surface area contributed by atoms with Crippen molar-refractivity contribution < 1.29 is 0 Å². The van der Waals surface area contributed by atoms with E-state index in [4.69, 9.17) is 11.6 Å². The molecule has 0 aliphatic carbocycles. The van der Waals surface area contributed by atoms with E-state index in [0.29, 0.717) is 6.04 Å². The van der Waals surface area contributed by atoms with Crippen molar-refractivity contribution in [3.8, 4) is 0 Å². The molecule has 2 heterocycles. The fourth-order valence-electron chi connectivity index (χ4n) is 3.65. The van der Waals surface area contributed by atoms with Gasteiger partial charge in [0.05, 0.1) is 6.04 Å². The van der Waals surface area contributed by atoms with Crippen LogP contribution >= 0.6 is 11.6 Å². The smallest absolute Gasteiger partial charge is 0.0756 e. The largest absolute Gasteiger partial charge is 0.348 e. The molecule has 3 heteroatoms. The number of benzene rings is 2. The van der Waals surface area contributed by atoms with Crippen LogP contribution < -0.4 is 0 Å². The summed E-state index contributed by atoms with van der Waals surface area (Å²) >= 11 is 6.34. The van der Waals surface area contributed by atoms with Crippen molar-refractivity contribution in [2.75, 3.05) is 13.1 Å². The highest BCUT2D eigenvalue weighted by Gasteiger charge is 2.28. The summed E-state index contributed by atoms with van der Waals surface area (Å²) in [6.07, 6.45) is 3.17. The zero-order valence-corrected chi connectivity index (χ0v) is 14.4. The number of rotatable bonds is 4. The fourth-order valence-corrected chi connectivity index (χ4v) is 3.88. The average Bonchev–Trinajstić information content (AvgIpc) is 3.10. The van der Waals surface area contributed by atoms with Crippen LogP contribution in [-0.2, 0) is 13.0 Å². The summed E-state index contributed by atoms with van der Waals surface area (Å²) in [5, 5.41) is 0.870. The van der Waals surface area contributed by atoms with E-state index in [1.165, 1.54) is 16.8 Å². The van der Waals surface area contributed by atoms with Gasteiger partial charge >= 0.3 is 0 Å². The Morgan fingerprint density at radius 2 is 1.67 bits per heavy atom. The first-order valence-electron chi connectivity index (χ1n) is 8.50. The SMILES string of the molecule is Clc1ccccc1CCN1CCn2cccc2C1c1ccccc1. The molecule has 1 unspecified atom stereocenters. The molecule has 0 spiro atoms. The molecule has 3 aromatic rings. The van der Waals surface area contributed by atoms with Gasteiger partial charge in [0.15, 0.2) is 0 Å². The van der Waals surface area contributed by atoms with Gasteiger partial charge in [0, 0.05) is 36.5 Å². The van der Waals surface area contributed by atoms with Crippen molar-refractivity contribution in [2.45, 2.75) is 19.0 Å². The van der Waals surface area contributed by atoms with Crippen LogP contribution in [-0.4, -0.2) is 22.6 Å². The van der Waals surface area contributed by atoms with Crippen LogP contribution in [0.25, 0.3) is 0 Å². The zero-order valence-electron chi connectivity index (χ0n) is 13.6. The number of fused-ring (bicyclic) bond motifs is 1. The van der Waals surface area contributed by atoms with Gasteiger partial charge in [-0.2, -0.15) is 0 Å². The lowest BCUT2D eigenvalue weighted by Gasteiger charge is -2.37. The maximum absolute atomic E-state index is 6.34. The van der Waals surface area contributed by atoms with E-state index >= 15 is 0 Å². The van der Waals surface area contributed by atoms with Gasteiger partial charge in [0.2, 0.25) is 0 Å². The molecule has 1 aliphatic heterocycles. The minimum Gasteiger partial charge on any atom is -0.348 e. The van der Waals surface area contributed by atoms with E-state index in [2.05, 4.69) is 70.3 Å². The number of hydrogen-bond acceptors (Lipinski definition) is 1. The van der Waals surface area contributed by atoms with Gasteiger partial charge in [0.25, 0.3) is 0 Å². The third-order valence-corrected chi connectivity index (χ3v) is 5.25. The normalized spacial score (nSPS) is 17.6. The van der Waals surface area contributed by atoms with Gasteiger partial charge in [-0.25, -0.2) is 0 Å². The second-order valence-electron chi connectivity index (χ2n) is 6.32. The van der Waals surface area contributed by atoms with Gasteiger partial charge in [0.1, 0.15) is 0 Å². The zero-order chi connectivity index (χ0) is 16.4. The molecule has 0 bridgehead atoms. The molecule has 1 aliphatic rings. The lowest BCUT2D eigenvalue weighted by molar-refractivity contribution is 0.185. The standard InChI is InChI=1S/C21H21ClN2/c22-19-10-5-4-7-17(19)12-14-24-16-15-23-13-6-11-20(23)21(24)18-8-2-1-3-9-18/h1-11,13,21H,12,14-16H2. The van der Waals surface area contributed by atoms with Gasteiger partial charge in [-0.05, 0) is 35.7 Å². The number of hydrogen-bond donors (Lipinski definition) is 0. The van der Waals surface area contributed by atoms with Gasteiger partial charge in [-0.15, -0.1) is 0 Å². The third-order valence-electron chi connectivity index (χ3n) is 4.88. The van der Waals surface area contributed by atoms with E-state index in [1.807, 2.05) is 12.1 Å². The Morgan fingerprint density at radius 1 is 0.875 bits per heavy atom. The summed E-state index contributed by atoms with van der Waals surface area (Å²) in [5.41, 5.74) is 3.97. The van der Waals surface area contributed by atoms with E-state index in [9.17, 15) is 0 Å². The minimum atomic E-state index is 0.317. The molecule has 0 radical (unpaired) electrons. The van der Waals surface area contributed by atoms with E-state index in [1.54, 1.807) is 0 Å². The van der Waals surface area contributed by atoms with Crippen molar-refractivity contribution in [3.05, 3.63) is 94.8 Å². The molecule has 2 nitrogen and oxygen atoms in total. The molecule has 24 heavy (non-hydrogen) atoms. The summed E-state index contributed by atoms with van der Waals surface area (Å²) in [6.45, 7) is 3.12. The Hall–Kier alpha value is -2.03. The highest BCUT2D eigenvalue weighted by molar-refractivity contribution is 6.31. The molecule has 0 amide bonds. The second kappa shape index (κ2) is 6.84.